The molecule has 1 aromatic rings. The van der Waals surface area contributed by atoms with Crippen LogP contribution in [0.4, 0.5) is 0 Å². The van der Waals surface area contributed by atoms with E-state index in [1.807, 2.05) is 0 Å². The van der Waals surface area contributed by atoms with E-state index >= 15 is 0 Å². The van der Waals surface area contributed by atoms with Crippen molar-refractivity contribution < 1.29 is 19.1 Å². The maximum atomic E-state index is 10.8. The Morgan fingerprint density at radius 3 is 2.20 bits per heavy atom. The first-order chi connectivity index (χ1) is 7.26. The summed E-state index contributed by atoms with van der Waals surface area (Å²) in [6.45, 7) is 0. The minimum absolute atomic E-state index is 0.189. The van der Waals surface area contributed by atoms with Crippen molar-refractivity contribution in [2.24, 2.45) is 0 Å². The first-order valence-corrected chi connectivity index (χ1v) is 4.40. The van der Waals surface area contributed by atoms with Crippen LogP contribution in [-0.4, -0.2) is 26.8 Å². The number of aldehydes is 2. The van der Waals surface area contributed by atoms with Crippen molar-refractivity contribution in [2.45, 2.75) is 6.42 Å². The Kier molecular flexibility index (Phi) is 3.85. The molecule has 0 aliphatic heterocycles. The molecule has 0 saturated carbocycles. The third-order valence-corrected chi connectivity index (χ3v) is 2.08. The van der Waals surface area contributed by atoms with Crippen molar-refractivity contribution >= 4 is 12.6 Å². The van der Waals surface area contributed by atoms with E-state index in [4.69, 9.17) is 9.47 Å². The third-order valence-electron chi connectivity index (χ3n) is 2.08. The monoisotopic (exact) mass is 208 g/mol. The average Bonchev–Trinajstić information content (AvgIpc) is 2.28. The minimum Gasteiger partial charge on any atom is -0.493 e. The summed E-state index contributed by atoms with van der Waals surface area (Å²) in [4.78, 5) is 21.2. The fraction of sp³-hybridized carbons (Fsp3) is 0.273. The van der Waals surface area contributed by atoms with Crippen LogP contribution < -0.4 is 9.47 Å². The van der Waals surface area contributed by atoms with Crippen molar-refractivity contribution in [2.75, 3.05) is 14.2 Å². The minimum atomic E-state index is 0.189. The first-order valence-electron chi connectivity index (χ1n) is 4.40. The molecule has 0 fully saturated rings. The van der Waals surface area contributed by atoms with E-state index < -0.39 is 0 Å². The Balaban J connectivity index is 3.26. The van der Waals surface area contributed by atoms with Gasteiger partial charge in [-0.3, -0.25) is 4.79 Å². The second-order valence-electron chi connectivity index (χ2n) is 2.89. The summed E-state index contributed by atoms with van der Waals surface area (Å²) in [7, 11) is 2.99. The summed E-state index contributed by atoms with van der Waals surface area (Å²) < 4.78 is 10.1. The van der Waals surface area contributed by atoms with Crippen molar-refractivity contribution in [1.82, 2.24) is 0 Å². The van der Waals surface area contributed by atoms with Gasteiger partial charge in [-0.2, -0.15) is 0 Å². The summed E-state index contributed by atoms with van der Waals surface area (Å²) in [6, 6.07) is 3.20. The first kappa shape index (κ1) is 11.2. The van der Waals surface area contributed by atoms with Crippen LogP contribution in [0.3, 0.4) is 0 Å². The van der Waals surface area contributed by atoms with Crippen LogP contribution in [0, 0.1) is 0 Å². The van der Waals surface area contributed by atoms with Gasteiger partial charge in [0.2, 0.25) is 0 Å². The van der Waals surface area contributed by atoms with Crippen LogP contribution in [0.5, 0.6) is 11.5 Å². The normalized spacial score (nSPS) is 9.47. The number of ether oxygens (including phenoxy) is 2. The van der Waals surface area contributed by atoms with Gasteiger partial charge >= 0.3 is 0 Å². The molecule has 0 saturated heterocycles. The molecule has 4 heteroatoms. The van der Waals surface area contributed by atoms with Crippen molar-refractivity contribution in [1.29, 1.82) is 0 Å². The smallest absolute Gasteiger partial charge is 0.161 e. The number of hydrogen-bond acceptors (Lipinski definition) is 4. The van der Waals surface area contributed by atoms with Gasteiger partial charge in [0, 0.05) is 12.0 Å². The molecule has 80 valence electrons. The molecule has 0 N–H and O–H groups in total. The number of carbonyl (C=O) groups is 2. The van der Waals surface area contributed by atoms with Gasteiger partial charge in [-0.1, -0.05) is 0 Å². The SMILES string of the molecule is COc1cc(C=O)c(CC=O)cc1OC. The molecule has 1 rings (SSSR count). The molecule has 0 atom stereocenters. The topological polar surface area (TPSA) is 52.6 Å². The van der Waals surface area contributed by atoms with E-state index in [0.29, 0.717) is 28.9 Å². The Hall–Kier alpha value is -1.84. The van der Waals surface area contributed by atoms with Gasteiger partial charge in [0.1, 0.15) is 12.6 Å². The Morgan fingerprint density at radius 2 is 1.73 bits per heavy atom. The Morgan fingerprint density at radius 1 is 1.13 bits per heavy atom. The van der Waals surface area contributed by atoms with E-state index in [9.17, 15) is 9.59 Å². The van der Waals surface area contributed by atoms with Gasteiger partial charge in [-0.15, -0.1) is 0 Å². The van der Waals surface area contributed by atoms with Gasteiger partial charge in [-0.25, -0.2) is 0 Å². The van der Waals surface area contributed by atoms with Crippen molar-refractivity contribution in [3.63, 3.8) is 0 Å². The molecule has 4 nitrogen and oxygen atoms in total. The van der Waals surface area contributed by atoms with Crippen LogP contribution in [-0.2, 0) is 11.2 Å². The predicted molar refractivity (Wildman–Crippen MR) is 54.7 cm³/mol. The number of hydrogen-bond donors (Lipinski definition) is 0. The van der Waals surface area contributed by atoms with Gasteiger partial charge in [0.25, 0.3) is 0 Å². The lowest BCUT2D eigenvalue weighted by atomic mass is 10.1. The molecular weight excluding hydrogens is 196 g/mol. The lowest BCUT2D eigenvalue weighted by Crippen LogP contribution is -1.98. The fourth-order valence-electron chi connectivity index (χ4n) is 1.31. The van der Waals surface area contributed by atoms with E-state index in [2.05, 4.69) is 0 Å². The molecule has 0 radical (unpaired) electrons. The number of methoxy groups -OCH3 is 2. The van der Waals surface area contributed by atoms with Crippen molar-refractivity contribution in [3.8, 4) is 11.5 Å². The predicted octanol–water partition coefficient (Wildman–Crippen LogP) is 1.26. The van der Waals surface area contributed by atoms with Crippen LogP contribution in [0.2, 0.25) is 0 Å². The van der Waals surface area contributed by atoms with E-state index in [0.717, 1.165) is 6.29 Å². The van der Waals surface area contributed by atoms with Gasteiger partial charge in [0.05, 0.1) is 14.2 Å². The molecule has 0 amide bonds. The molecule has 0 bridgehead atoms. The highest BCUT2D eigenvalue weighted by molar-refractivity contribution is 5.80. The lowest BCUT2D eigenvalue weighted by molar-refractivity contribution is -0.107. The number of rotatable bonds is 5. The second-order valence-corrected chi connectivity index (χ2v) is 2.89. The molecule has 15 heavy (non-hydrogen) atoms. The highest BCUT2D eigenvalue weighted by Crippen LogP contribution is 2.29. The Bertz CT molecular complexity index is 371. The van der Waals surface area contributed by atoms with Crippen molar-refractivity contribution in [3.05, 3.63) is 23.3 Å². The zero-order valence-electron chi connectivity index (χ0n) is 8.65. The molecule has 1 aromatic carbocycles. The lowest BCUT2D eigenvalue weighted by Gasteiger charge is -2.10. The van der Waals surface area contributed by atoms with Gasteiger partial charge < -0.3 is 14.3 Å². The second kappa shape index (κ2) is 5.14. The average molecular weight is 208 g/mol. The molecular formula is C11H12O4. The van der Waals surface area contributed by atoms with Crippen LogP contribution >= 0.6 is 0 Å². The quantitative estimate of drug-likeness (QED) is 0.683. The molecule has 0 aliphatic carbocycles. The van der Waals surface area contributed by atoms with Crippen LogP contribution in [0.15, 0.2) is 12.1 Å². The standard InChI is InChI=1S/C11H12O4/c1-14-10-5-8(3-4-12)9(7-13)6-11(10)15-2/h4-7H,3H2,1-2H3. The summed E-state index contributed by atoms with van der Waals surface area (Å²) in [5, 5.41) is 0. The van der Waals surface area contributed by atoms with Crippen LogP contribution in [0.1, 0.15) is 15.9 Å². The summed E-state index contributed by atoms with van der Waals surface area (Å²) in [6.07, 6.45) is 1.63. The summed E-state index contributed by atoms with van der Waals surface area (Å²) in [5.41, 5.74) is 1.08. The molecule has 0 aromatic heterocycles. The van der Waals surface area contributed by atoms with E-state index in [1.165, 1.54) is 14.2 Å². The third kappa shape index (κ3) is 2.34. The maximum absolute atomic E-state index is 10.8. The highest BCUT2D eigenvalue weighted by atomic mass is 16.5. The summed E-state index contributed by atoms with van der Waals surface area (Å²) >= 11 is 0. The highest BCUT2D eigenvalue weighted by Gasteiger charge is 2.09. The molecule has 0 unspecified atom stereocenters. The summed E-state index contributed by atoms with van der Waals surface area (Å²) in [5.74, 6) is 0.995. The number of carbonyl (C=O) groups excluding carboxylic acids is 2. The van der Waals surface area contributed by atoms with E-state index in [1.54, 1.807) is 12.1 Å². The zero-order valence-corrected chi connectivity index (χ0v) is 8.65. The van der Waals surface area contributed by atoms with Gasteiger partial charge in [0.15, 0.2) is 11.5 Å². The van der Waals surface area contributed by atoms with Gasteiger partial charge in [-0.05, 0) is 17.7 Å². The zero-order chi connectivity index (χ0) is 11.3. The fourth-order valence-corrected chi connectivity index (χ4v) is 1.31. The van der Waals surface area contributed by atoms with E-state index in [-0.39, 0.29) is 6.42 Å². The Labute approximate surface area is 87.8 Å². The molecule has 0 aliphatic rings. The van der Waals surface area contributed by atoms with Crippen LogP contribution in [0.25, 0.3) is 0 Å². The molecule has 0 spiro atoms. The largest absolute Gasteiger partial charge is 0.493 e. The molecule has 0 heterocycles. The maximum Gasteiger partial charge on any atom is 0.161 e. The number of benzene rings is 1.